The maximum Gasteiger partial charge on any atom is 0.329 e. The number of hydrogen-bond acceptors (Lipinski definition) is 6. The third-order valence-electron chi connectivity index (χ3n) is 3.28. The number of amides is 2. The Kier molecular flexibility index (Phi) is 7.18. The average Bonchev–Trinajstić information content (AvgIpc) is 2.66. The van der Waals surface area contributed by atoms with Gasteiger partial charge in [0.1, 0.15) is 5.75 Å². The van der Waals surface area contributed by atoms with Gasteiger partial charge < -0.3 is 19.9 Å². The van der Waals surface area contributed by atoms with Crippen molar-refractivity contribution in [1.29, 1.82) is 0 Å². The zero-order valence-electron chi connectivity index (χ0n) is 14.7. The molecule has 2 rings (SSSR count). The van der Waals surface area contributed by atoms with Gasteiger partial charge in [-0.15, -0.1) is 0 Å². The molecule has 0 saturated heterocycles. The number of phenolic OH excluding ortho intramolecular Hbond substituents is 1. The maximum absolute atomic E-state index is 11.9. The Balaban J connectivity index is 1.96. The van der Waals surface area contributed by atoms with Crippen LogP contribution in [0.15, 0.2) is 46.0 Å². The van der Waals surface area contributed by atoms with Crippen LogP contribution in [0.3, 0.4) is 0 Å². The van der Waals surface area contributed by atoms with Gasteiger partial charge in [0.2, 0.25) is 0 Å². The summed E-state index contributed by atoms with van der Waals surface area (Å²) in [5.41, 5.74) is 3.14. The van der Waals surface area contributed by atoms with Crippen LogP contribution in [-0.4, -0.2) is 36.9 Å². The van der Waals surface area contributed by atoms with Crippen LogP contribution in [0.1, 0.15) is 12.5 Å². The van der Waals surface area contributed by atoms with Gasteiger partial charge in [0.05, 0.1) is 24.4 Å². The molecule has 27 heavy (non-hydrogen) atoms. The first-order valence-electron chi connectivity index (χ1n) is 7.88. The summed E-state index contributed by atoms with van der Waals surface area (Å²) in [6.07, 6.45) is 1.32. The summed E-state index contributed by atoms with van der Waals surface area (Å²) in [7, 11) is 1.53. The highest BCUT2D eigenvalue weighted by Gasteiger charge is 2.13. The minimum Gasteiger partial charge on any atom is -0.503 e. The van der Waals surface area contributed by atoms with E-state index < -0.39 is 11.8 Å². The molecule has 2 aromatic rings. The summed E-state index contributed by atoms with van der Waals surface area (Å²) in [6, 6.07) is 9.67. The van der Waals surface area contributed by atoms with E-state index in [-0.39, 0.29) is 11.5 Å². The van der Waals surface area contributed by atoms with E-state index in [1.54, 1.807) is 43.3 Å². The molecule has 142 valence electrons. The molecule has 0 aliphatic carbocycles. The van der Waals surface area contributed by atoms with Crippen LogP contribution in [0.4, 0.5) is 5.69 Å². The summed E-state index contributed by atoms with van der Waals surface area (Å²) in [5, 5.41) is 16.0. The molecule has 0 bridgehead atoms. The zero-order chi connectivity index (χ0) is 19.8. The van der Waals surface area contributed by atoms with E-state index in [1.807, 2.05) is 0 Å². The second-order valence-electron chi connectivity index (χ2n) is 5.16. The predicted octanol–water partition coefficient (Wildman–Crippen LogP) is 2.65. The number of carbonyl (C=O) groups is 2. The van der Waals surface area contributed by atoms with Crippen molar-refractivity contribution in [2.45, 2.75) is 6.92 Å². The molecule has 0 aromatic heterocycles. The minimum atomic E-state index is -0.926. The van der Waals surface area contributed by atoms with Crippen molar-refractivity contribution in [1.82, 2.24) is 5.43 Å². The summed E-state index contributed by atoms with van der Waals surface area (Å²) >= 11 is 3.21. The third kappa shape index (κ3) is 5.71. The monoisotopic (exact) mass is 435 g/mol. The van der Waals surface area contributed by atoms with Crippen molar-refractivity contribution in [3.8, 4) is 17.2 Å². The predicted molar refractivity (Wildman–Crippen MR) is 104 cm³/mol. The molecule has 0 saturated carbocycles. The van der Waals surface area contributed by atoms with Crippen molar-refractivity contribution < 1.29 is 24.2 Å². The molecule has 2 amide bonds. The molecule has 3 N–H and O–H groups in total. The van der Waals surface area contributed by atoms with Gasteiger partial charge in [0, 0.05) is 5.69 Å². The van der Waals surface area contributed by atoms with Gasteiger partial charge >= 0.3 is 11.8 Å². The second-order valence-corrected chi connectivity index (χ2v) is 6.02. The first-order valence-corrected chi connectivity index (χ1v) is 8.67. The molecule has 0 radical (unpaired) electrons. The van der Waals surface area contributed by atoms with Crippen LogP contribution >= 0.6 is 15.9 Å². The number of anilines is 1. The largest absolute Gasteiger partial charge is 0.503 e. The summed E-state index contributed by atoms with van der Waals surface area (Å²) in [6.45, 7) is 2.17. The maximum atomic E-state index is 11.9. The number of nitrogens with one attached hydrogen (secondary N) is 2. The van der Waals surface area contributed by atoms with Gasteiger partial charge in [0.15, 0.2) is 11.5 Å². The highest BCUT2D eigenvalue weighted by atomic mass is 79.9. The van der Waals surface area contributed by atoms with Gasteiger partial charge in [-0.25, -0.2) is 5.43 Å². The van der Waals surface area contributed by atoms with Crippen LogP contribution in [0, 0.1) is 0 Å². The Morgan fingerprint density at radius 2 is 1.93 bits per heavy atom. The number of methoxy groups -OCH3 is 1. The first kappa shape index (κ1) is 20.2. The standard InChI is InChI=1S/C18H18BrN3O5/c1-3-27-15-9-11(8-14(19)16(15)23)10-20-22-18(25)17(24)21-12-4-6-13(26-2)7-5-12/h4-10,23H,3H2,1-2H3,(H,21,24)(H,22,25)/b20-10+. The van der Waals surface area contributed by atoms with E-state index in [0.29, 0.717) is 28.1 Å². The quantitative estimate of drug-likeness (QED) is 0.367. The Morgan fingerprint density at radius 1 is 1.22 bits per heavy atom. The number of ether oxygens (including phenoxy) is 2. The Bertz CT molecular complexity index is 853. The lowest BCUT2D eigenvalue weighted by Crippen LogP contribution is -2.32. The molecule has 0 heterocycles. The van der Waals surface area contributed by atoms with Crippen molar-refractivity contribution in [3.63, 3.8) is 0 Å². The number of carbonyl (C=O) groups excluding carboxylic acids is 2. The Morgan fingerprint density at radius 3 is 2.56 bits per heavy atom. The number of nitrogens with zero attached hydrogens (tertiary/aromatic N) is 1. The van der Waals surface area contributed by atoms with E-state index in [0.717, 1.165) is 0 Å². The first-order chi connectivity index (χ1) is 12.9. The van der Waals surface area contributed by atoms with Gasteiger partial charge in [-0.05, 0) is 64.8 Å². The summed E-state index contributed by atoms with van der Waals surface area (Å²) in [5.74, 6) is -0.911. The smallest absolute Gasteiger partial charge is 0.329 e. The van der Waals surface area contributed by atoms with Crippen LogP contribution in [0.2, 0.25) is 0 Å². The number of aromatic hydroxyl groups is 1. The van der Waals surface area contributed by atoms with E-state index in [1.165, 1.54) is 13.3 Å². The molecular formula is C18H18BrN3O5. The number of hydrogen-bond donors (Lipinski definition) is 3. The molecule has 0 aliphatic heterocycles. The van der Waals surface area contributed by atoms with Crippen LogP contribution < -0.4 is 20.2 Å². The van der Waals surface area contributed by atoms with Gasteiger partial charge in [-0.2, -0.15) is 5.10 Å². The van der Waals surface area contributed by atoms with Gasteiger partial charge in [-0.1, -0.05) is 0 Å². The number of halogens is 1. The highest BCUT2D eigenvalue weighted by molar-refractivity contribution is 9.10. The van der Waals surface area contributed by atoms with E-state index in [4.69, 9.17) is 9.47 Å². The minimum absolute atomic E-state index is 0.0306. The zero-order valence-corrected chi connectivity index (χ0v) is 16.2. The molecule has 2 aromatic carbocycles. The summed E-state index contributed by atoms with van der Waals surface area (Å²) in [4.78, 5) is 23.7. The molecule has 9 heteroatoms. The van der Waals surface area contributed by atoms with Crippen molar-refractivity contribution in [2.24, 2.45) is 5.10 Å². The fraction of sp³-hybridized carbons (Fsp3) is 0.167. The average molecular weight is 436 g/mol. The molecule has 0 spiro atoms. The van der Waals surface area contributed by atoms with Crippen molar-refractivity contribution >= 4 is 39.6 Å². The lowest BCUT2D eigenvalue weighted by atomic mass is 10.2. The molecule has 0 aliphatic rings. The second kappa shape index (κ2) is 9.58. The van der Waals surface area contributed by atoms with Crippen LogP contribution in [0.25, 0.3) is 0 Å². The van der Waals surface area contributed by atoms with E-state index in [2.05, 4.69) is 31.8 Å². The third-order valence-corrected chi connectivity index (χ3v) is 3.89. The van der Waals surface area contributed by atoms with Gasteiger partial charge in [-0.3, -0.25) is 9.59 Å². The molecule has 0 atom stereocenters. The number of benzene rings is 2. The number of hydrazone groups is 1. The van der Waals surface area contributed by atoms with Gasteiger partial charge in [0.25, 0.3) is 0 Å². The van der Waals surface area contributed by atoms with E-state index in [9.17, 15) is 14.7 Å². The summed E-state index contributed by atoms with van der Waals surface area (Å²) < 4.78 is 10.7. The van der Waals surface area contributed by atoms with Crippen LogP contribution in [0.5, 0.6) is 17.2 Å². The number of phenols is 1. The molecule has 0 fully saturated rings. The lowest BCUT2D eigenvalue weighted by molar-refractivity contribution is -0.136. The normalized spacial score (nSPS) is 10.5. The molecule has 8 nitrogen and oxygen atoms in total. The fourth-order valence-corrected chi connectivity index (χ4v) is 2.47. The topological polar surface area (TPSA) is 109 Å². The Hall–Kier alpha value is -3.07. The van der Waals surface area contributed by atoms with Crippen LogP contribution in [-0.2, 0) is 9.59 Å². The highest BCUT2D eigenvalue weighted by Crippen LogP contribution is 2.35. The molecular weight excluding hydrogens is 418 g/mol. The Labute approximate surface area is 164 Å². The lowest BCUT2D eigenvalue weighted by Gasteiger charge is -2.08. The number of rotatable bonds is 6. The van der Waals surface area contributed by atoms with Crippen molar-refractivity contribution in [3.05, 3.63) is 46.4 Å². The SMILES string of the molecule is CCOc1cc(/C=N/NC(=O)C(=O)Nc2ccc(OC)cc2)cc(Br)c1O. The molecule has 0 unspecified atom stereocenters. The van der Waals surface area contributed by atoms with Crippen molar-refractivity contribution in [2.75, 3.05) is 19.0 Å². The fourth-order valence-electron chi connectivity index (χ4n) is 2.01. The van der Waals surface area contributed by atoms with E-state index >= 15 is 0 Å².